The van der Waals surface area contributed by atoms with Crippen LogP contribution < -0.4 is 11.1 Å². The summed E-state index contributed by atoms with van der Waals surface area (Å²) in [5.41, 5.74) is 5.89. The van der Waals surface area contributed by atoms with Gasteiger partial charge in [0.15, 0.2) is 0 Å². The molecule has 1 aromatic heterocycles. The van der Waals surface area contributed by atoms with Gasteiger partial charge in [0.25, 0.3) is 0 Å². The van der Waals surface area contributed by atoms with Crippen molar-refractivity contribution in [2.45, 2.75) is 31.2 Å². The van der Waals surface area contributed by atoms with Crippen molar-refractivity contribution >= 4 is 5.82 Å². The highest BCUT2D eigenvalue weighted by atomic mass is 15.1. The van der Waals surface area contributed by atoms with Gasteiger partial charge in [-0.2, -0.15) is 0 Å². The van der Waals surface area contributed by atoms with Crippen molar-refractivity contribution in [3.05, 3.63) is 18.6 Å². The number of nitrogens with zero attached hydrogens (tertiary/aromatic N) is 2. The first-order chi connectivity index (χ1) is 6.85. The molecule has 76 valence electrons. The van der Waals surface area contributed by atoms with Gasteiger partial charge in [-0.25, -0.2) is 9.97 Å². The Morgan fingerprint density at radius 1 is 1.43 bits per heavy atom. The van der Waals surface area contributed by atoms with Gasteiger partial charge in [0.2, 0.25) is 0 Å². The molecule has 0 amide bonds. The van der Waals surface area contributed by atoms with Gasteiger partial charge < -0.3 is 11.1 Å². The van der Waals surface area contributed by atoms with Crippen LogP contribution in [0.25, 0.3) is 0 Å². The number of nitrogens with one attached hydrogen (secondary N) is 1. The van der Waals surface area contributed by atoms with E-state index in [1.54, 1.807) is 12.5 Å². The van der Waals surface area contributed by atoms with Crippen LogP contribution in [-0.4, -0.2) is 22.1 Å². The Kier molecular flexibility index (Phi) is 2.63. The van der Waals surface area contributed by atoms with E-state index in [-0.39, 0.29) is 5.54 Å². The van der Waals surface area contributed by atoms with Gasteiger partial charge in [-0.05, 0) is 18.9 Å². The lowest BCUT2D eigenvalue weighted by Crippen LogP contribution is -2.43. The van der Waals surface area contributed by atoms with E-state index in [1.165, 1.54) is 12.8 Å². The molecule has 3 N–H and O–H groups in total. The molecule has 0 radical (unpaired) electrons. The molecule has 0 aromatic carbocycles. The predicted molar refractivity (Wildman–Crippen MR) is 55.9 cm³/mol. The maximum absolute atomic E-state index is 5.81. The van der Waals surface area contributed by atoms with E-state index >= 15 is 0 Å². The molecular formula is C10H16N4. The smallest absolute Gasteiger partial charge is 0.129 e. The van der Waals surface area contributed by atoms with Crippen molar-refractivity contribution in [1.29, 1.82) is 0 Å². The van der Waals surface area contributed by atoms with Crippen molar-refractivity contribution in [3.8, 4) is 0 Å². The van der Waals surface area contributed by atoms with E-state index in [4.69, 9.17) is 5.73 Å². The monoisotopic (exact) mass is 192 g/mol. The Morgan fingerprint density at radius 2 is 2.21 bits per heavy atom. The fourth-order valence-corrected chi connectivity index (χ4v) is 2.07. The molecule has 4 nitrogen and oxygen atoms in total. The van der Waals surface area contributed by atoms with E-state index in [9.17, 15) is 0 Å². The van der Waals surface area contributed by atoms with Crippen molar-refractivity contribution < 1.29 is 0 Å². The fraction of sp³-hybridized carbons (Fsp3) is 0.600. The average Bonchev–Trinajstić information content (AvgIpc) is 2.69. The van der Waals surface area contributed by atoms with Crippen LogP contribution in [0, 0.1) is 0 Å². The molecule has 1 saturated carbocycles. The molecule has 0 spiro atoms. The normalized spacial score (nSPS) is 19.5. The van der Waals surface area contributed by atoms with Crippen LogP contribution >= 0.6 is 0 Å². The minimum atomic E-state index is 0.0777. The van der Waals surface area contributed by atoms with Crippen LogP contribution in [0.4, 0.5) is 5.82 Å². The Morgan fingerprint density at radius 3 is 2.79 bits per heavy atom. The summed E-state index contributed by atoms with van der Waals surface area (Å²) in [7, 11) is 0. The number of hydrogen-bond acceptors (Lipinski definition) is 4. The highest BCUT2D eigenvalue weighted by Crippen LogP contribution is 2.31. The maximum atomic E-state index is 5.81. The van der Waals surface area contributed by atoms with Gasteiger partial charge in [0, 0.05) is 12.7 Å². The van der Waals surface area contributed by atoms with Gasteiger partial charge >= 0.3 is 0 Å². The molecule has 14 heavy (non-hydrogen) atoms. The lowest BCUT2D eigenvalue weighted by molar-refractivity contribution is 0.491. The van der Waals surface area contributed by atoms with Gasteiger partial charge in [-0.1, -0.05) is 12.8 Å². The second kappa shape index (κ2) is 3.92. The number of anilines is 1. The van der Waals surface area contributed by atoms with Crippen molar-refractivity contribution in [2.24, 2.45) is 5.73 Å². The third-order valence-corrected chi connectivity index (χ3v) is 2.93. The summed E-state index contributed by atoms with van der Waals surface area (Å²) < 4.78 is 0. The maximum Gasteiger partial charge on any atom is 0.129 e. The molecule has 0 unspecified atom stereocenters. The Labute approximate surface area is 83.9 Å². The molecular weight excluding hydrogens is 176 g/mol. The number of hydrogen-bond donors (Lipinski definition) is 2. The van der Waals surface area contributed by atoms with Crippen LogP contribution in [0.15, 0.2) is 18.6 Å². The first-order valence-electron chi connectivity index (χ1n) is 5.09. The zero-order valence-corrected chi connectivity index (χ0v) is 8.24. The first-order valence-corrected chi connectivity index (χ1v) is 5.09. The van der Waals surface area contributed by atoms with Crippen LogP contribution in [0.3, 0.4) is 0 Å². The summed E-state index contributed by atoms with van der Waals surface area (Å²) in [4.78, 5) is 8.04. The van der Waals surface area contributed by atoms with E-state index < -0.39 is 0 Å². The molecule has 0 atom stereocenters. The van der Waals surface area contributed by atoms with Crippen LogP contribution in [0.2, 0.25) is 0 Å². The summed E-state index contributed by atoms with van der Waals surface area (Å²) in [6, 6.07) is 1.88. The predicted octanol–water partition coefficient (Wildman–Crippen LogP) is 1.16. The van der Waals surface area contributed by atoms with Crippen LogP contribution in [-0.2, 0) is 0 Å². The number of aromatic nitrogens is 2. The average molecular weight is 192 g/mol. The highest BCUT2D eigenvalue weighted by molar-refractivity contribution is 5.36. The van der Waals surface area contributed by atoms with E-state index in [2.05, 4.69) is 15.3 Å². The third-order valence-electron chi connectivity index (χ3n) is 2.93. The summed E-state index contributed by atoms with van der Waals surface area (Å²) in [5.74, 6) is 0.882. The van der Waals surface area contributed by atoms with Gasteiger partial charge in [-0.3, -0.25) is 0 Å². The largest absolute Gasteiger partial charge is 0.363 e. The molecule has 1 aliphatic carbocycles. The zero-order chi connectivity index (χ0) is 9.86. The summed E-state index contributed by atoms with van der Waals surface area (Å²) >= 11 is 0. The van der Waals surface area contributed by atoms with E-state index in [0.717, 1.165) is 18.7 Å². The quantitative estimate of drug-likeness (QED) is 0.754. The SMILES string of the molecule is NCC1(Nc2ccncn2)CCCC1. The molecule has 4 heteroatoms. The molecule has 0 saturated heterocycles. The Balaban J connectivity index is 2.08. The molecule has 1 aliphatic rings. The highest BCUT2D eigenvalue weighted by Gasteiger charge is 2.32. The van der Waals surface area contributed by atoms with Crippen molar-refractivity contribution in [1.82, 2.24) is 9.97 Å². The van der Waals surface area contributed by atoms with Crippen LogP contribution in [0.5, 0.6) is 0 Å². The number of nitrogens with two attached hydrogens (primary N) is 1. The van der Waals surface area contributed by atoms with Gasteiger partial charge in [0.1, 0.15) is 12.1 Å². The first kappa shape index (κ1) is 9.40. The molecule has 2 rings (SSSR count). The minimum absolute atomic E-state index is 0.0777. The summed E-state index contributed by atoms with van der Waals surface area (Å²) in [5, 5.41) is 3.43. The molecule has 0 bridgehead atoms. The lowest BCUT2D eigenvalue weighted by Gasteiger charge is -2.29. The van der Waals surface area contributed by atoms with Gasteiger partial charge in [-0.15, -0.1) is 0 Å². The third kappa shape index (κ3) is 1.85. The second-order valence-electron chi connectivity index (χ2n) is 3.91. The number of rotatable bonds is 3. The summed E-state index contributed by atoms with van der Waals surface area (Å²) in [6.45, 7) is 0.678. The Bertz CT molecular complexity index is 279. The standard InChI is InChI=1S/C10H16N4/c11-7-10(4-1-2-5-10)14-9-3-6-12-8-13-9/h3,6,8H,1-2,4-5,7,11H2,(H,12,13,14). The fourth-order valence-electron chi connectivity index (χ4n) is 2.07. The molecule has 1 heterocycles. The minimum Gasteiger partial charge on any atom is -0.363 e. The van der Waals surface area contributed by atoms with Crippen molar-refractivity contribution in [3.63, 3.8) is 0 Å². The Hall–Kier alpha value is -1.16. The molecule has 1 aromatic rings. The zero-order valence-electron chi connectivity index (χ0n) is 8.24. The van der Waals surface area contributed by atoms with Crippen LogP contribution in [0.1, 0.15) is 25.7 Å². The van der Waals surface area contributed by atoms with E-state index in [0.29, 0.717) is 6.54 Å². The summed E-state index contributed by atoms with van der Waals surface area (Å²) in [6.07, 6.45) is 8.11. The molecule has 0 aliphatic heterocycles. The van der Waals surface area contributed by atoms with Gasteiger partial charge in [0.05, 0.1) is 5.54 Å². The lowest BCUT2D eigenvalue weighted by atomic mass is 9.98. The second-order valence-corrected chi connectivity index (χ2v) is 3.91. The van der Waals surface area contributed by atoms with E-state index in [1.807, 2.05) is 6.07 Å². The topological polar surface area (TPSA) is 63.8 Å². The van der Waals surface area contributed by atoms with Crippen molar-refractivity contribution in [2.75, 3.05) is 11.9 Å². The molecule has 1 fully saturated rings.